The van der Waals surface area contributed by atoms with Crippen molar-refractivity contribution >= 4 is 29.3 Å². The van der Waals surface area contributed by atoms with Crippen molar-refractivity contribution in [1.82, 2.24) is 14.5 Å². The second kappa shape index (κ2) is 10.2. The largest absolute Gasteiger partial charge is 0.454 e. The Morgan fingerprint density at radius 3 is 2.53 bits per heavy atom. The van der Waals surface area contributed by atoms with Crippen LogP contribution in [0.1, 0.15) is 52.1 Å². The molecule has 0 bridgehead atoms. The molecule has 36 heavy (non-hydrogen) atoms. The van der Waals surface area contributed by atoms with Crippen molar-refractivity contribution < 1.29 is 9.53 Å². The van der Waals surface area contributed by atoms with E-state index in [0.29, 0.717) is 24.1 Å². The number of para-hydroxylation sites is 1. The summed E-state index contributed by atoms with van der Waals surface area (Å²) in [5, 5.41) is 1.06. The van der Waals surface area contributed by atoms with E-state index in [1.54, 1.807) is 16.7 Å². The summed E-state index contributed by atoms with van der Waals surface area (Å²) >= 11 is 0. The quantitative estimate of drug-likeness (QED) is 0.285. The van der Waals surface area contributed by atoms with E-state index in [2.05, 4.69) is 11.0 Å². The van der Waals surface area contributed by atoms with Crippen LogP contribution in [0.4, 0.5) is 0 Å². The van der Waals surface area contributed by atoms with Crippen molar-refractivity contribution in [3.63, 3.8) is 0 Å². The van der Waals surface area contributed by atoms with Gasteiger partial charge in [-0.05, 0) is 63.3 Å². The van der Waals surface area contributed by atoms with E-state index in [9.17, 15) is 9.59 Å². The molecule has 0 saturated heterocycles. The summed E-state index contributed by atoms with van der Waals surface area (Å²) in [5.74, 6) is -0.391. The molecular formula is C29H30ClN3O3. The Labute approximate surface area is 217 Å². The van der Waals surface area contributed by atoms with Gasteiger partial charge < -0.3 is 14.2 Å². The molecule has 6 nitrogen and oxygen atoms in total. The SMILES string of the molecule is CCC(OC(=O)c1ccc(CN(C)C)cc1)c1cc2n(c(=O)c1C)Cc1cc3ccccc3nc1-2.Cl. The van der Waals surface area contributed by atoms with Crippen molar-refractivity contribution in [2.24, 2.45) is 0 Å². The summed E-state index contributed by atoms with van der Waals surface area (Å²) < 4.78 is 7.70. The minimum Gasteiger partial charge on any atom is -0.454 e. The summed E-state index contributed by atoms with van der Waals surface area (Å²) in [7, 11) is 4.01. The van der Waals surface area contributed by atoms with Gasteiger partial charge in [0.25, 0.3) is 5.56 Å². The molecule has 4 aromatic rings. The number of nitrogens with zero attached hydrogens (tertiary/aromatic N) is 3. The van der Waals surface area contributed by atoms with Gasteiger partial charge >= 0.3 is 5.97 Å². The van der Waals surface area contributed by atoms with Crippen molar-refractivity contribution in [2.75, 3.05) is 14.1 Å². The van der Waals surface area contributed by atoms with E-state index in [-0.39, 0.29) is 18.0 Å². The van der Waals surface area contributed by atoms with Crippen molar-refractivity contribution in [1.29, 1.82) is 0 Å². The summed E-state index contributed by atoms with van der Waals surface area (Å²) in [6.45, 7) is 5.07. The fourth-order valence-corrected chi connectivity index (χ4v) is 4.80. The molecule has 2 aromatic carbocycles. The molecule has 1 aliphatic rings. The normalized spacial score (nSPS) is 12.7. The number of hydrogen-bond acceptors (Lipinski definition) is 5. The molecule has 0 spiro atoms. The number of esters is 1. The van der Waals surface area contributed by atoms with Crippen LogP contribution in [-0.2, 0) is 17.8 Å². The summed E-state index contributed by atoms with van der Waals surface area (Å²) in [6, 6.07) is 19.5. The average Bonchev–Trinajstić information content (AvgIpc) is 3.21. The Morgan fingerprint density at radius 1 is 1.11 bits per heavy atom. The van der Waals surface area contributed by atoms with Gasteiger partial charge in [-0.3, -0.25) is 4.79 Å². The lowest BCUT2D eigenvalue weighted by atomic mass is 10.0. The lowest BCUT2D eigenvalue weighted by molar-refractivity contribution is 0.0286. The number of rotatable bonds is 6. The third-order valence-electron chi connectivity index (χ3n) is 6.61. The first-order valence-corrected chi connectivity index (χ1v) is 11.9. The lowest BCUT2D eigenvalue weighted by Gasteiger charge is -2.20. The zero-order chi connectivity index (χ0) is 24.7. The molecule has 186 valence electrons. The molecule has 3 heterocycles. The van der Waals surface area contributed by atoms with E-state index in [1.807, 2.05) is 70.4 Å². The zero-order valence-electron chi connectivity index (χ0n) is 20.9. The van der Waals surface area contributed by atoms with Crippen LogP contribution in [-0.4, -0.2) is 34.5 Å². The molecule has 5 rings (SSSR count). The van der Waals surface area contributed by atoms with Crippen LogP contribution in [0.5, 0.6) is 0 Å². The van der Waals surface area contributed by atoms with E-state index >= 15 is 0 Å². The van der Waals surface area contributed by atoms with Gasteiger partial charge in [0.05, 0.1) is 29.0 Å². The van der Waals surface area contributed by atoms with Gasteiger partial charge in [-0.25, -0.2) is 9.78 Å². The Balaban J connectivity index is 0.00000304. The van der Waals surface area contributed by atoms with Gasteiger partial charge in [0.2, 0.25) is 0 Å². The predicted octanol–water partition coefficient (Wildman–Crippen LogP) is 5.53. The molecule has 0 saturated carbocycles. The summed E-state index contributed by atoms with van der Waals surface area (Å²) in [4.78, 5) is 33.2. The molecule has 0 aliphatic carbocycles. The third kappa shape index (κ3) is 4.66. The van der Waals surface area contributed by atoms with Crippen LogP contribution in [0.3, 0.4) is 0 Å². The maximum absolute atomic E-state index is 13.3. The van der Waals surface area contributed by atoms with Gasteiger partial charge in [0, 0.05) is 28.6 Å². The second-order valence-electron chi connectivity index (χ2n) is 9.43. The monoisotopic (exact) mass is 503 g/mol. The fourth-order valence-electron chi connectivity index (χ4n) is 4.80. The van der Waals surface area contributed by atoms with Gasteiger partial charge in [-0.1, -0.05) is 37.3 Å². The Kier molecular flexibility index (Phi) is 7.29. The maximum Gasteiger partial charge on any atom is 0.338 e. The molecule has 0 amide bonds. The maximum atomic E-state index is 13.3. The Hall–Kier alpha value is -3.48. The number of hydrogen-bond donors (Lipinski definition) is 0. The van der Waals surface area contributed by atoms with Crippen LogP contribution >= 0.6 is 12.4 Å². The molecule has 0 N–H and O–H groups in total. The number of fused-ring (bicyclic) bond motifs is 4. The van der Waals surface area contributed by atoms with Gasteiger partial charge in [-0.2, -0.15) is 0 Å². The lowest BCUT2D eigenvalue weighted by Crippen LogP contribution is -2.25. The van der Waals surface area contributed by atoms with Crippen LogP contribution in [0.2, 0.25) is 0 Å². The first kappa shape index (κ1) is 25.6. The Bertz CT molecular complexity index is 1490. The highest BCUT2D eigenvalue weighted by molar-refractivity contribution is 5.89. The molecule has 1 unspecified atom stereocenters. The molecule has 2 aromatic heterocycles. The molecule has 1 atom stereocenters. The summed E-state index contributed by atoms with van der Waals surface area (Å²) in [6.07, 6.45) is 0.0405. The zero-order valence-corrected chi connectivity index (χ0v) is 21.8. The highest BCUT2D eigenvalue weighted by Crippen LogP contribution is 2.35. The minimum absolute atomic E-state index is 0. The van der Waals surface area contributed by atoms with Crippen molar-refractivity contribution in [3.8, 4) is 11.4 Å². The first-order valence-electron chi connectivity index (χ1n) is 11.9. The van der Waals surface area contributed by atoms with E-state index in [0.717, 1.165) is 45.5 Å². The van der Waals surface area contributed by atoms with Gasteiger partial charge in [0.15, 0.2) is 0 Å². The van der Waals surface area contributed by atoms with Crippen molar-refractivity contribution in [2.45, 2.75) is 39.5 Å². The van der Waals surface area contributed by atoms with Crippen LogP contribution in [0, 0.1) is 6.92 Å². The molecule has 7 heteroatoms. The first-order chi connectivity index (χ1) is 16.9. The molecule has 0 fully saturated rings. The van der Waals surface area contributed by atoms with Crippen LogP contribution in [0.15, 0.2) is 65.5 Å². The Morgan fingerprint density at radius 2 is 1.83 bits per heavy atom. The fraction of sp³-hybridized carbons (Fsp3) is 0.276. The highest BCUT2D eigenvalue weighted by Gasteiger charge is 2.27. The number of carbonyl (C=O) groups is 1. The van der Waals surface area contributed by atoms with E-state index < -0.39 is 12.1 Å². The smallest absolute Gasteiger partial charge is 0.338 e. The third-order valence-corrected chi connectivity index (χ3v) is 6.61. The van der Waals surface area contributed by atoms with Crippen molar-refractivity contribution in [3.05, 3.63) is 98.8 Å². The summed E-state index contributed by atoms with van der Waals surface area (Å²) in [5.41, 5.74) is 6.42. The number of ether oxygens (including phenoxy) is 1. The molecular weight excluding hydrogens is 474 g/mol. The number of aromatic nitrogens is 2. The number of benzene rings is 2. The van der Waals surface area contributed by atoms with E-state index in [1.165, 1.54) is 0 Å². The standard InChI is InChI=1S/C29H29N3O3.ClH/c1-5-26(35-29(34)20-12-10-19(11-13-20)16-31(3)4)23-15-25-27-22(17-32(25)28(33)18(23)2)14-21-8-6-7-9-24(21)30-27;/h6-15,26H,5,16-17H2,1-4H3;1H. The minimum atomic E-state index is -0.521. The van der Waals surface area contributed by atoms with Crippen LogP contribution in [0.25, 0.3) is 22.3 Å². The predicted molar refractivity (Wildman–Crippen MR) is 145 cm³/mol. The number of halogens is 1. The van der Waals surface area contributed by atoms with E-state index in [4.69, 9.17) is 9.72 Å². The number of carbonyl (C=O) groups excluding carboxylic acids is 1. The molecule has 1 aliphatic heterocycles. The topological polar surface area (TPSA) is 64.4 Å². The molecule has 0 radical (unpaired) electrons. The number of pyridine rings is 2. The van der Waals surface area contributed by atoms with Gasteiger partial charge in [-0.15, -0.1) is 12.4 Å². The average molecular weight is 504 g/mol. The second-order valence-corrected chi connectivity index (χ2v) is 9.43. The highest BCUT2D eigenvalue weighted by atomic mass is 35.5. The van der Waals surface area contributed by atoms with Gasteiger partial charge in [0.1, 0.15) is 6.10 Å². The van der Waals surface area contributed by atoms with Crippen LogP contribution < -0.4 is 5.56 Å².